The van der Waals surface area contributed by atoms with Crippen LogP contribution in [0.4, 0.5) is 5.69 Å². The minimum Gasteiger partial charge on any atom is -0.495 e. The van der Waals surface area contributed by atoms with Gasteiger partial charge in [-0.05, 0) is 29.8 Å². The van der Waals surface area contributed by atoms with Crippen molar-refractivity contribution in [3.63, 3.8) is 0 Å². The van der Waals surface area contributed by atoms with Crippen molar-refractivity contribution < 1.29 is 33.6 Å². The normalized spacial score (nSPS) is 13.4. The number of nitrogens with zero attached hydrogens (tertiary/aromatic N) is 2. The molecule has 0 aliphatic carbocycles. The molecule has 1 aliphatic heterocycles. The van der Waals surface area contributed by atoms with E-state index < -0.39 is 24.3 Å². The number of azo groups is 1. The number of carbonyl (C=O) groups excluding carboxylic acids is 1. The van der Waals surface area contributed by atoms with Gasteiger partial charge in [0.2, 0.25) is 11.7 Å². The third-order valence-electron chi connectivity index (χ3n) is 5.16. The monoisotopic (exact) mass is 470 g/mol. The van der Waals surface area contributed by atoms with Gasteiger partial charge in [0.05, 0.1) is 58.8 Å². The molecule has 0 fully saturated rings. The molecule has 0 spiro atoms. The van der Waals surface area contributed by atoms with Gasteiger partial charge in [-0.25, -0.2) is 0 Å². The molecule has 4 N–H and O–H groups in total. The highest BCUT2D eigenvalue weighted by Gasteiger charge is 2.23. The highest BCUT2D eigenvalue weighted by molar-refractivity contribution is 5.99. The Bertz CT molecular complexity index is 1130. The molecule has 2 aromatic carbocycles. The van der Waals surface area contributed by atoms with Crippen LogP contribution in [0.25, 0.3) is 11.3 Å². The van der Waals surface area contributed by atoms with E-state index in [-0.39, 0.29) is 0 Å². The topological polar surface area (TPSA) is 154 Å². The SMILES string of the molecule is COc1ccc(C2=C(c3cc(OC)c(OC)c(OC)c3)N=NC2)cc1NC(=O)C(N)CC(=O)O. The summed E-state index contributed by atoms with van der Waals surface area (Å²) in [4.78, 5) is 23.3. The number of nitrogens with two attached hydrogens (primary N) is 1. The van der Waals surface area contributed by atoms with Crippen LogP contribution in [-0.4, -0.2) is 58.0 Å². The Balaban J connectivity index is 2.03. The average molecular weight is 470 g/mol. The van der Waals surface area contributed by atoms with Crippen LogP contribution in [0, 0.1) is 0 Å². The lowest BCUT2D eigenvalue weighted by Crippen LogP contribution is -2.37. The van der Waals surface area contributed by atoms with Crippen molar-refractivity contribution in [2.75, 3.05) is 40.3 Å². The van der Waals surface area contributed by atoms with E-state index in [0.29, 0.717) is 46.5 Å². The number of nitrogens with one attached hydrogen (secondary N) is 1. The van der Waals surface area contributed by atoms with E-state index in [9.17, 15) is 9.59 Å². The summed E-state index contributed by atoms with van der Waals surface area (Å²) in [5, 5.41) is 20.0. The predicted molar refractivity (Wildman–Crippen MR) is 124 cm³/mol. The van der Waals surface area contributed by atoms with Gasteiger partial charge in [0.15, 0.2) is 11.5 Å². The van der Waals surface area contributed by atoms with Gasteiger partial charge in [-0.1, -0.05) is 6.07 Å². The Hall–Kier alpha value is -4.12. The Morgan fingerprint density at radius 2 is 1.65 bits per heavy atom. The van der Waals surface area contributed by atoms with Crippen LogP contribution in [0.5, 0.6) is 23.0 Å². The van der Waals surface area contributed by atoms with Crippen LogP contribution in [0.3, 0.4) is 0 Å². The van der Waals surface area contributed by atoms with Crippen LogP contribution < -0.4 is 30.0 Å². The standard InChI is InChI=1S/C23H26N4O7/c1-31-17-6-5-12(7-16(17)26-23(30)15(24)10-20(28)29)14-11-25-27-21(14)13-8-18(32-2)22(34-4)19(9-13)33-3/h5-9,15H,10-11,24H2,1-4H3,(H,26,30)(H,28,29). The second-order valence-electron chi connectivity index (χ2n) is 7.25. The maximum absolute atomic E-state index is 12.4. The highest BCUT2D eigenvalue weighted by Crippen LogP contribution is 2.43. The summed E-state index contributed by atoms with van der Waals surface area (Å²) in [6.45, 7) is 0.310. The smallest absolute Gasteiger partial charge is 0.305 e. The zero-order valence-corrected chi connectivity index (χ0v) is 19.2. The first kappa shape index (κ1) is 24.5. The fourth-order valence-corrected chi connectivity index (χ4v) is 3.49. The molecule has 1 heterocycles. The third kappa shape index (κ3) is 5.09. The van der Waals surface area contributed by atoms with Crippen molar-refractivity contribution >= 4 is 28.8 Å². The van der Waals surface area contributed by atoms with Crippen LogP contribution >= 0.6 is 0 Å². The summed E-state index contributed by atoms with van der Waals surface area (Å²) in [5.41, 5.74) is 8.86. The first-order chi connectivity index (χ1) is 16.3. The van der Waals surface area contributed by atoms with E-state index in [1.54, 1.807) is 24.3 Å². The number of carboxylic acid groups (broad SMARTS) is 1. The molecule has 1 aliphatic rings. The van der Waals surface area contributed by atoms with Crippen LogP contribution in [0.2, 0.25) is 0 Å². The molecule has 180 valence electrons. The Kier molecular flexibility index (Phi) is 7.69. The summed E-state index contributed by atoms with van der Waals surface area (Å²) in [5.74, 6) is -0.0172. The van der Waals surface area contributed by atoms with Gasteiger partial charge in [0.1, 0.15) is 5.75 Å². The molecule has 1 amide bonds. The minimum absolute atomic E-state index is 0.310. The number of benzene rings is 2. The van der Waals surface area contributed by atoms with Crippen molar-refractivity contribution in [3.8, 4) is 23.0 Å². The van der Waals surface area contributed by atoms with E-state index in [0.717, 1.165) is 11.1 Å². The fraction of sp³-hybridized carbons (Fsp3) is 0.304. The van der Waals surface area contributed by atoms with E-state index in [4.69, 9.17) is 29.8 Å². The van der Waals surface area contributed by atoms with Gasteiger partial charge in [0.25, 0.3) is 0 Å². The molecule has 0 radical (unpaired) electrons. The van der Waals surface area contributed by atoms with Crippen molar-refractivity contribution in [2.45, 2.75) is 12.5 Å². The molecule has 1 atom stereocenters. The third-order valence-corrected chi connectivity index (χ3v) is 5.16. The summed E-state index contributed by atoms with van der Waals surface area (Å²) in [6, 6.07) is 7.54. The van der Waals surface area contributed by atoms with Crippen molar-refractivity contribution in [1.82, 2.24) is 0 Å². The van der Waals surface area contributed by atoms with E-state index in [2.05, 4.69) is 15.5 Å². The molecule has 2 aromatic rings. The average Bonchev–Trinajstić information content (AvgIpc) is 3.32. The van der Waals surface area contributed by atoms with Crippen molar-refractivity contribution in [1.29, 1.82) is 0 Å². The maximum Gasteiger partial charge on any atom is 0.305 e. The van der Waals surface area contributed by atoms with Crippen LogP contribution in [0.1, 0.15) is 17.5 Å². The second-order valence-corrected chi connectivity index (χ2v) is 7.25. The van der Waals surface area contributed by atoms with E-state index in [1.807, 2.05) is 6.07 Å². The molecule has 11 nitrogen and oxygen atoms in total. The molecule has 0 bridgehead atoms. The number of hydrogen-bond donors (Lipinski definition) is 3. The number of anilines is 1. The summed E-state index contributed by atoms with van der Waals surface area (Å²) >= 11 is 0. The molecule has 11 heteroatoms. The van der Waals surface area contributed by atoms with Gasteiger partial charge >= 0.3 is 5.97 Å². The molecule has 0 saturated heterocycles. The molecule has 3 rings (SSSR count). The van der Waals surface area contributed by atoms with Crippen LogP contribution in [-0.2, 0) is 9.59 Å². The van der Waals surface area contributed by atoms with Crippen molar-refractivity contribution in [3.05, 3.63) is 41.5 Å². The fourth-order valence-electron chi connectivity index (χ4n) is 3.49. The number of aliphatic carboxylic acids is 1. The first-order valence-electron chi connectivity index (χ1n) is 10.2. The number of methoxy groups -OCH3 is 4. The van der Waals surface area contributed by atoms with Gasteiger partial charge in [-0.15, -0.1) is 0 Å². The number of ether oxygens (including phenoxy) is 4. The molecular formula is C23H26N4O7. The number of rotatable bonds is 10. The molecular weight excluding hydrogens is 444 g/mol. The lowest BCUT2D eigenvalue weighted by Gasteiger charge is -2.16. The lowest BCUT2D eigenvalue weighted by molar-refractivity contribution is -0.138. The zero-order valence-electron chi connectivity index (χ0n) is 19.2. The highest BCUT2D eigenvalue weighted by atomic mass is 16.5. The first-order valence-corrected chi connectivity index (χ1v) is 10.2. The minimum atomic E-state index is -1.21. The zero-order chi connectivity index (χ0) is 24.8. The Morgan fingerprint density at radius 1 is 1.00 bits per heavy atom. The largest absolute Gasteiger partial charge is 0.495 e. The van der Waals surface area contributed by atoms with E-state index >= 15 is 0 Å². The predicted octanol–water partition coefficient (Wildman–Crippen LogP) is 2.80. The second kappa shape index (κ2) is 10.7. The summed E-state index contributed by atoms with van der Waals surface area (Å²) < 4.78 is 21.6. The number of hydrogen-bond acceptors (Lipinski definition) is 9. The molecule has 34 heavy (non-hydrogen) atoms. The van der Waals surface area contributed by atoms with Gasteiger partial charge < -0.3 is 35.1 Å². The number of carbonyl (C=O) groups is 2. The van der Waals surface area contributed by atoms with Crippen LogP contribution in [0.15, 0.2) is 40.6 Å². The molecule has 0 aromatic heterocycles. The van der Waals surface area contributed by atoms with Gasteiger partial charge in [0, 0.05) is 11.1 Å². The van der Waals surface area contributed by atoms with Crippen molar-refractivity contribution in [2.24, 2.45) is 16.0 Å². The lowest BCUT2D eigenvalue weighted by atomic mass is 9.99. The Labute approximate surface area is 196 Å². The summed E-state index contributed by atoms with van der Waals surface area (Å²) in [6.07, 6.45) is -0.498. The summed E-state index contributed by atoms with van der Waals surface area (Å²) in [7, 11) is 6.04. The van der Waals surface area contributed by atoms with E-state index in [1.165, 1.54) is 28.4 Å². The van der Waals surface area contributed by atoms with Gasteiger partial charge in [-0.2, -0.15) is 10.2 Å². The van der Waals surface area contributed by atoms with Gasteiger partial charge in [-0.3, -0.25) is 9.59 Å². The maximum atomic E-state index is 12.4. The number of amides is 1. The molecule has 0 saturated carbocycles. The number of carboxylic acids is 1. The quantitative estimate of drug-likeness (QED) is 0.479. The Morgan fingerprint density at radius 3 is 2.21 bits per heavy atom. The molecule has 1 unspecified atom stereocenters.